The fourth-order valence-electron chi connectivity index (χ4n) is 2.13. The summed E-state index contributed by atoms with van der Waals surface area (Å²) in [6.45, 7) is 0. The van der Waals surface area contributed by atoms with Gasteiger partial charge in [-0.1, -0.05) is 19.3 Å². The van der Waals surface area contributed by atoms with E-state index >= 15 is 0 Å². The number of rotatable bonds is 3. The predicted molar refractivity (Wildman–Crippen MR) is 74.9 cm³/mol. The number of hydrogen-bond acceptors (Lipinski definition) is 3. The van der Waals surface area contributed by atoms with Crippen molar-refractivity contribution in [2.24, 2.45) is 0 Å². The molecule has 0 amide bonds. The van der Waals surface area contributed by atoms with Gasteiger partial charge in [-0.2, -0.15) is 0 Å². The number of alkyl halides is 1. The average Bonchev–Trinajstić information content (AvgIpc) is 2.33. The van der Waals surface area contributed by atoms with Crippen LogP contribution in [0.2, 0.25) is 0 Å². The first-order valence-corrected chi connectivity index (χ1v) is 7.17. The number of halogens is 2. The molecule has 0 aromatic carbocycles. The van der Waals surface area contributed by atoms with Crippen LogP contribution < -0.4 is 5.32 Å². The van der Waals surface area contributed by atoms with E-state index in [0.29, 0.717) is 11.8 Å². The SMILES string of the molecule is ClCC1(Nc2ncc(I)cn2)CCCCC1. The summed E-state index contributed by atoms with van der Waals surface area (Å²) in [5, 5.41) is 3.41. The largest absolute Gasteiger partial charge is 0.348 e. The Labute approximate surface area is 115 Å². The van der Waals surface area contributed by atoms with Gasteiger partial charge in [-0.15, -0.1) is 11.6 Å². The molecule has 1 aromatic heterocycles. The Morgan fingerprint density at radius 3 is 2.44 bits per heavy atom. The maximum absolute atomic E-state index is 6.10. The highest BCUT2D eigenvalue weighted by Crippen LogP contribution is 2.31. The van der Waals surface area contributed by atoms with Crippen LogP contribution in [0.5, 0.6) is 0 Å². The van der Waals surface area contributed by atoms with E-state index in [9.17, 15) is 0 Å². The molecule has 1 heterocycles. The van der Waals surface area contributed by atoms with Crippen LogP contribution in [0.3, 0.4) is 0 Å². The quantitative estimate of drug-likeness (QED) is 0.670. The Kier molecular flexibility index (Phi) is 4.24. The van der Waals surface area contributed by atoms with Gasteiger partial charge in [0.1, 0.15) is 0 Å². The fourth-order valence-corrected chi connectivity index (χ4v) is 2.75. The fraction of sp³-hybridized carbons (Fsp3) is 0.636. The highest BCUT2D eigenvalue weighted by atomic mass is 127. The van der Waals surface area contributed by atoms with Crippen molar-refractivity contribution in [1.82, 2.24) is 9.97 Å². The van der Waals surface area contributed by atoms with E-state index in [0.717, 1.165) is 16.4 Å². The van der Waals surface area contributed by atoms with Crippen LogP contribution in [0, 0.1) is 3.57 Å². The van der Waals surface area contributed by atoms with E-state index in [1.807, 2.05) is 12.4 Å². The molecule has 2 rings (SSSR count). The van der Waals surface area contributed by atoms with E-state index in [-0.39, 0.29) is 5.54 Å². The summed E-state index contributed by atoms with van der Waals surface area (Å²) in [5.74, 6) is 1.32. The smallest absolute Gasteiger partial charge is 0.223 e. The van der Waals surface area contributed by atoms with Crippen molar-refractivity contribution in [3.8, 4) is 0 Å². The maximum Gasteiger partial charge on any atom is 0.223 e. The lowest BCUT2D eigenvalue weighted by molar-refractivity contribution is 0.351. The van der Waals surface area contributed by atoms with Crippen molar-refractivity contribution in [3.05, 3.63) is 16.0 Å². The minimum absolute atomic E-state index is 0.00654. The Bertz CT molecular complexity index is 336. The zero-order valence-corrected chi connectivity index (χ0v) is 12.0. The molecule has 1 saturated carbocycles. The lowest BCUT2D eigenvalue weighted by Gasteiger charge is -2.36. The summed E-state index contributed by atoms with van der Waals surface area (Å²) in [7, 11) is 0. The van der Waals surface area contributed by atoms with Crippen molar-refractivity contribution >= 4 is 40.1 Å². The van der Waals surface area contributed by atoms with Crippen molar-refractivity contribution in [2.45, 2.75) is 37.6 Å². The number of nitrogens with zero attached hydrogens (tertiary/aromatic N) is 2. The molecule has 88 valence electrons. The van der Waals surface area contributed by atoms with Crippen LogP contribution in [0.15, 0.2) is 12.4 Å². The molecule has 1 fully saturated rings. The van der Waals surface area contributed by atoms with Crippen LogP contribution in [0.1, 0.15) is 32.1 Å². The first-order chi connectivity index (χ1) is 7.74. The summed E-state index contributed by atoms with van der Waals surface area (Å²) in [6.07, 6.45) is 9.67. The molecule has 1 N–H and O–H groups in total. The summed E-state index contributed by atoms with van der Waals surface area (Å²) < 4.78 is 1.05. The van der Waals surface area contributed by atoms with Crippen molar-refractivity contribution in [3.63, 3.8) is 0 Å². The Balaban J connectivity index is 2.08. The van der Waals surface area contributed by atoms with E-state index in [1.54, 1.807) is 0 Å². The Morgan fingerprint density at radius 2 is 1.88 bits per heavy atom. The van der Waals surface area contributed by atoms with Gasteiger partial charge in [-0.05, 0) is 35.4 Å². The minimum atomic E-state index is 0.00654. The molecular weight excluding hydrogens is 336 g/mol. The second-order valence-electron chi connectivity index (χ2n) is 4.32. The first kappa shape index (κ1) is 12.4. The normalized spacial score (nSPS) is 19.4. The second-order valence-corrected chi connectivity index (χ2v) is 5.84. The molecular formula is C11H15ClIN3. The van der Waals surface area contributed by atoms with Crippen LogP contribution in [0.4, 0.5) is 5.95 Å². The topological polar surface area (TPSA) is 37.8 Å². The molecule has 0 atom stereocenters. The van der Waals surface area contributed by atoms with Crippen LogP contribution >= 0.6 is 34.2 Å². The summed E-state index contributed by atoms with van der Waals surface area (Å²) >= 11 is 8.30. The van der Waals surface area contributed by atoms with Crippen molar-refractivity contribution < 1.29 is 0 Å². The molecule has 0 saturated heterocycles. The van der Waals surface area contributed by atoms with Crippen LogP contribution in [-0.4, -0.2) is 21.4 Å². The maximum atomic E-state index is 6.10. The molecule has 5 heteroatoms. The van der Waals surface area contributed by atoms with E-state index in [1.165, 1.54) is 19.3 Å². The molecule has 0 bridgehead atoms. The predicted octanol–water partition coefficient (Wildman–Crippen LogP) is 3.43. The molecule has 1 aromatic rings. The van der Waals surface area contributed by atoms with Gasteiger partial charge >= 0.3 is 0 Å². The molecule has 3 nitrogen and oxygen atoms in total. The highest BCUT2D eigenvalue weighted by molar-refractivity contribution is 14.1. The molecule has 16 heavy (non-hydrogen) atoms. The van der Waals surface area contributed by atoms with Gasteiger partial charge < -0.3 is 5.32 Å². The number of hydrogen-bond donors (Lipinski definition) is 1. The lowest BCUT2D eigenvalue weighted by atomic mass is 9.83. The molecule has 0 aliphatic heterocycles. The van der Waals surface area contributed by atoms with Gasteiger partial charge in [0.05, 0.1) is 5.54 Å². The third-order valence-electron chi connectivity index (χ3n) is 3.06. The second kappa shape index (κ2) is 5.49. The van der Waals surface area contributed by atoms with Crippen molar-refractivity contribution in [2.75, 3.05) is 11.2 Å². The molecule has 0 unspecified atom stereocenters. The highest BCUT2D eigenvalue weighted by Gasteiger charge is 2.31. The summed E-state index contributed by atoms with van der Waals surface area (Å²) in [6, 6.07) is 0. The van der Waals surface area contributed by atoms with Crippen LogP contribution in [-0.2, 0) is 0 Å². The number of aromatic nitrogens is 2. The lowest BCUT2D eigenvalue weighted by Crippen LogP contribution is -2.42. The van der Waals surface area contributed by atoms with Crippen LogP contribution in [0.25, 0.3) is 0 Å². The van der Waals surface area contributed by atoms with Gasteiger partial charge in [0.2, 0.25) is 5.95 Å². The summed E-state index contributed by atoms with van der Waals surface area (Å²) in [4.78, 5) is 8.55. The molecule has 0 spiro atoms. The van der Waals surface area contributed by atoms with E-state index < -0.39 is 0 Å². The monoisotopic (exact) mass is 351 g/mol. The molecule has 1 aliphatic carbocycles. The minimum Gasteiger partial charge on any atom is -0.348 e. The zero-order chi connectivity index (χ0) is 11.4. The van der Waals surface area contributed by atoms with Gasteiger partial charge in [0.15, 0.2) is 0 Å². The average molecular weight is 352 g/mol. The number of anilines is 1. The van der Waals surface area contributed by atoms with Gasteiger partial charge in [-0.25, -0.2) is 9.97 Å². The standard InChI is InChI=1S/C11H15ClIN3/c12-8-11(4-2-1-3-5-11)16-10-14-6-9(13)7-15-10/h6-7H,1-5,8H2,(H,14,15,16). The zero-order valence-electron chi connectivity index (χ0n) is 9.05. The molecule has 0 radical (unpaired) electrons. The molecule has 1 aliphatic rings. The number of nitrogens with one attached hydrogen (secondary N) is 1. The van der Waals surface area contributed by atoms with E-state index in [4.69, 9.17) is 11.6 Å². The Hall–Kier alpha value is -0.100. The van der Waals surface area contributed by atoms with Gasteiger partial charge in [0.25, 0.3) is 0 Å². The first-order valence-electron chi connectivity index (χ1n) is 5.56. The third kappa shape index (κ3) is 2.97. The third-order valence-corrected chi connectivity index (χ3v) is 4.13. The van der Waals surface area contributed by atoms with Gasteiger partial charge in [0, 0.05) is 21.8 Å². The van der Waals surface area contributed by atoms with E-state index in [2.05, 4.69) is 37.9 Å². The van der Waals surface area contributed by atoms with Gasteiger partial charge in [-0.3, -0.25) is 0 Å². The van der Waals surface area contributed by atoms with Crippen molar-refractivity contribution in [1.29, 1.82) is 0 Å². The summed E-state index contributed by atoms with van der Waals surface area (Å²) in [5.41, 5.74) is 0.00654. The Morgan fingerprint density at radius 1 is 1.25 bits per heavy atom.